The Bertz CT molecular complexity index is 1350. The highest BCUT2D eigenvalue weighted by atomic mass is 35.5. The summed E-state index contributed by atoms with van der Waals surface area (Å²) >= 11 is 7.71. The third-order valence-electron chi connectivity index (χ3n) is 5.50. The first-order chi connectivity index (χ1) is 16.9. The average molecular weight is 518 g/mol. The van der Waals surface area contributed by atoms with E-state index in [2.05, 4.69) is 25.3 Å². The molecule has 1 aliphatic rings. The number of carboxylic acids is 1. The predicted molar refractivity (Wildman–Crippen MR) is 126 cm³/mol. The van der Waals surface area contributed by atoms with Crippen LogP contribution in [0.5, 0.6) is 5.75 Å². The van der Waals surface area contributed by atoms with Crippen LogP contribution in [0.3, 0.4) is 0 Å². The number of aliphatic hydroxyl groups excluding tert-OH is 1. The Morgan fingerprint density at radius 3 is 2.91 bits per heavy atom. The molecule has 0 radical (unpaired) electrons. The second-order valence-electron chi connectivity index (χ2n) is 7.72. The predicted octanol–water partition coefficient (Wildman–Crippen LogP) is 1.80. The smallest absolute Gasteiger partial charge is 0.334 e. The van der Waals surface area contributed by atoms with Crippen LogP contribution in [-0.4, -0.2) is 58.9 Å². The van der Waals surface area contributed by atoms with E-state index in [0.29, 0.717) is 40.9 Å². The highest BCUT2D eigenvalue weighted by molar-refractivity contribution is 7.09. The van der Waals surface area contributed by atoms with E-state index < -0.39 is 30.4 Å². The minimum atomic E-state index is -1.35. The molecule has 1 aromatic carbocycles. The Hall–Kier alpha value is -3.36. The average Bonchev–Trinajstić information content (AvgIpc) is 3.57. The van der Waals surface area contributed by atoms with Gasteiger partial charge in [0.1, 0.15) is 29.8 Å². The summed E-state index contributed by atoms with van der Waals surface area (Å²) in [5.41, 5.74) is 7.37. The number of carboxylic acid groups (broad SMARTS) is 1. The van der Waals surface area contributed by atoms with Gasteiger partial charge >= 0.3 is 5.97 Å². The molecule has 12 nitrogen and oxygen atoms in total. The maximum atomic E-state index is 11.4. The quantitative estimate of drug-likeness (QED) is 0.268. The molecule has 0 aliphatic carbocycles. The number of fused-ring (bicyclic) bond motifs is 1. The van der Waals surface area contributed by atoms with Crippen molar-refractivity contribution in [2.24, 2.45) is 5.73 Å². The van der Waals surface area contributed by atoms with Crippen molar-refractivity contribution in [3.8, 4) is 5.75 Å². The second kappa shape index (κ2) is 9.71. The van der Waals surface area contributed by atoms with E-state index in [0.717, 1.165) is 10.6 Å². The monoisotopic (exact) mass is 517 g/mol. The molecule has 1 saturated heterocycles. The highest BCUT2D eigenvalue weighted by Crippen LogP contribution is 2.32. The molecule has 0 amide bonds. The number of carbonyl (C=O) groups is 1. The number of nitrogens with two attached hydrogens (primary N) is 1. The molecule has 5 rings (SSSR count). The van der Waals surface area contributed by atoms with Crippen LogP contribution in [0.15, 0.2) is 42.4 Å². The molecule has 5 N–H and O–H groups in total. The molecular weight excluding hydrogens is 498 g/mol. The number of benzene rings is 1. The molecule has 35 heavy (non-hydrogen) atoms. The standard InChI is InChI=1S/C21H20ClN7O5S/c22-11-1-2-12(33-7-13-24-3-4-35-13)10(5-11)6-25-18-15-19(27-8-26-18)29(9-28-15)20-16(30)14(23)17(34-20)21(31)32/h1-5,8-9,14,16-17,20,30H,6-7,23H2,(H,31,32)(H,25,26,27). The summed E-state index contributed by atoms with van der Waals surface area (Å²) in [4.78, 5) is 28.5. The number of hydrogen-bond donors (Lipinski definition) is 4. The number of thiazole rings is 1. The van der Waals surface area contributed by atoms with E-state index >= 15 is 0 Å². The van der Waals surface area contributed by atoms with Crippen LogP contribution in [0.1, 0.15) is 16.8 Å². The van der Waals surface area contributed by atoms with Gasteiger partial charge in [0.2, 0.25) is 0 Å². The van der Waals surface area contributed by atoms with Crippen LogP contribution in [-0.2, 0) is 22.7 Å². The minimum Gasteiger partial charge on any atom is -0.486 e. The summed E-state index contributed by atoms with van der Waals surface area (Å²) in [6.07, 6.45) is 0.783. The van der Waals surface area contributed by atoms with Crippen LogP contribution < -0.4 is 15.8 Å². The van der Waals surface area contributed by atoms with Crippen LogP contribution in [0.4, 0.5) is 5.82 Å². The van der Waals surface area contributed by atoms with Crippen molar-refractivity contribution in [2.75, 3.05) is 5.32 Å². The molecule has 0 saturated carbocycles. The topological polar surface area (TPSA) is 171 Å². The first-order valence-corrected chi connectivity index (χ1v) is 11.7. The number of anilines is 1. The Morgan fingerprint density at radius 2 is 2.17 bits per heavy atom. The molecule has 4 atom stereocenters. The first kappa shape index (κ1) is 23.4. The number of aromatic nitrogens is 5. The zero-order chi connectivity index (χ0) is 24.5. The largest absolute Gasteiger partial charge is 0.486 e. The van der Waals surface area contributed by atoms with E-state index in [1.54, 1.807) is 24.4 Å². The number of imidazole rings is 1. The fraction of sp³-hybridized carbons (Fsp3) is 0.286. The summed E-state index contributed by atoms with van der Waals surface area (Å²) in [6, 6.07) is 4.23. The van der Waals surface area contributed by atoms with Gasteiger partial charge in [0.15, 0.2) is 29.3 Å². The molecule has 4 aromatic rings. The maximum Gasteiger partial charge on any atom is 0.334 e. The van der Waals surface area contributed by atoms with Crippen LogP contribution >= 0.6 is 22.9 Å². The summed E-state index contributed by atoms with van der Waals surface area (Å²) in [6.45, 7) is 0.652. The first-order valence-electron chi connectivity index (χ1n) is 10.5. The van der Waals surface area contributed by atoms with E-state index in [-0.39, 0.29) is 0 Å². The second-order valence-corrected chi connectivity index (χ2v) is 9.14. The Balaban J connectivity index is 1.36. The van der Waals surface area contributed by atoms with Crippen LogP contribution in [0.25, 0.3) is 11.2 Å². The number of halogens is 1. The Labute approximate surface area is 207 Å². The molecule has 182 valence electrons. The molecule has 1 aliphatic heterocycles. The van der Waals surface area contributed by atoms with E-state index in [1.165, 1.54) is 28.6 Å². The van der Waals surface area contributed by atoms with Crippen LogP contribution in [0, 0.1) is 0 Å². The lowest BCUT2D eigenvalue weighted by molar-refractivity contribution is -0.152. The van der Waals surface area contributed by atoms with E-state index in [9.17, 15) is 15.0 Å². The number of rotatable bonds is 8. The van der Waals surface area contributed by atoms with Gasteiger partial charge in [-0.2, -0.15) is 0 Å². The number of aliphatic carboxylic acids is 1. The van der Waals surface area contributed by atoms with Gasteiger partial charge in [0.05, 0.1) is 12.4 Å². The number of aliphatic hydroxyl groups is 1. The summed E-state index contributed by atoms with van der Waals surface area (Å²) in [5, 5.41) is 26.2. The zero-order valence-electron chi connectivity index (χ0n) is 18.0. The molecule has 3 aromatic heterocycles. The lowest BCUT2D eigenvalue weighted by Gasteiger charge is -2.16. The van der Waals surface area contributed by atoms with Crippen molar-refractivity contribution < 1.29 is 24.5 Å². The van der Waals surface area contributed by atoms with Gasteiger partial charge in [-0.1, -0.05) is 11.6 Å². The number of ether oxygens (including phenoxy) is 2. The van der Waals surface area contributed by atoms with E-state index in [4.69, 9.17) is 26.8 Å². The van der Waals surface area contributed by atoms with Gasteiger partial charge in [0.25, 0.3) is 0 Å². The van der Waals surface area contributed by atoms with Crippen molar-refractivity contribution in [3.63, 3.8) is 0 Å². The van der Waals surface area contributed by atoms with Gasteiger partial charge in [-0.15, -0.1) is 11.3 Å². The summed E-state index contributed by atoms with van der Waals surface area (Å²) in [5.74, 6) is -0.190. The molecule has 14 heteroatoms. The van der Waals surface area contributed by atoms with Crippen molar-refractivity contribution >= 4 is 45.9 Å². The minimum absolute atomic E-state index is 0.321. The molecule has 1 fully saturated rings. The Morgan fingerprint density at radius 1 is 1.31 bits per heavy atom. The number of hydrogen-bond acceptors (Lipinski definition) is 11. The lowest BCUT2D eigenvalue weighted by Crippen LogP contribution is -2.43. The third kappa shape index (κ3) is 4.63. The lowest BCUT2D eigenvalue weighted by atomic mass is 10.1. The summed E-state index contributed by atoms with van der Waals surface area (Å²) in [7, 11) is 0. The molecular formula is C21H20ClN7O5S. The fourth-order valence-corrected chi connectivity index (χ4v) is 4.50. The van der Waals surface area contributed by atoms with Gasteiger partial charge in [-0.25, -0.2) is 24.7 Å². The van der Waals surface area contributed by atoms with Gasteiger partial charge in [-0.05, 0) is 18.2 Å². The van der Waals surface area contributed by atoms with Gasteiger partial charge in [0, 0.05) is 28.7 Å². The zero-order valence-corrected chi connectivity index (χ0v) is 19.6. The van der Waals surface area contributed by atoms with Crippen LogP contribution in [0.2, 0.25) is 5.02 Å². The number of nitrogens with one attached hydrogen (secondary N) is 1. The third-order valence-corrected chi connectivity index (χ3v) is 6.49. The van der Waals surface area contributed by atoms with Gasteiger partial charge < -0.3 is 30.7 Å². The SMILES string of the molecule is NC1C(C(=O)O)OC(n2cnc3c(NCc4cc(Cl)ccc4OCc4nccs4)ncnc32)C1O. The molecule has 4 heterocycles. The van der Waals surface area contributed by atoms with Crippen molar-refractivity contribution in [3.05, 3.63) is 58.0 Å². The normalized spacial score (nSPS) is 21.9. The summed E-state index contributed by atoms with van der Waals surface area (Å²) < 4.78 is 12.9. The van der Waals surface area contributed by atoms with Gasteiger partial charge in [-0.3, -0.25) is 4.57 Å². The van der Waals surface area contributed by atoms with E-state index in [1.807, 2.05) is 5.38 Å². The molecule has 0 spiro atoms. The molecule has 4 unspecified atom stereocenters. The maximum absolute atomic E-state index is 11.4. The fourth-order valence-electron chi connectivity index (χ4n) is 3.78. The number of nitrogens with zero attached hydrogens (tertiary/aromatic N) is 5. The Kier molecular flexibility index (Phi) is 6.49. The molecule has 0 bridgehead atoms. The van der Waals surface area contributed by atoms with Crippen molar-refractivity contribution in [2.45, 2.75) is 37.6 Å². The highest BCUT2D eigenvalue weighted by Gasteiger charge is 2.46. The van der Waals surface area contributed by atoms with Crippen molar-refractivity contribution in [1.29, 1.82) is 0 Å². The van der Waals surface area contributed by atoms with Crippen molar-refractivity contribution in [1.82, 2.24) is 24.5 Å².